The fourth-order valence-electron chi connectivity index (χ4n) is 5.64. The molecule has 2 amide bonds. The first-order valence-electron chi connectivity index (χ1n) is 16.0. The summed E-state index contributed by atoms with van der Waals surface area (Å²) in [7, 11) is 0. The van der Waals surface area contributed by atoms with Gasteiger partial charge in [0.2, 0.25) is 0 Å². The molecule has 2 heterocycles. The van der Waals surface area contributed by atoms with Crippen molar-refractivity contribution in [2.45, 2.75) is 104 Å². The zero-order chi connectivity index (χ0) is 29.9. The second-order valence-electron chi connectivity index (χ2n) is 12.0. The number of urea groups is 1. The number of nitrogens with zero attached hydrogens (tertiary/aromatic N) is 3. The van der Waals surface area contributed by atoms with Gasteiger partial charge in [-0.25, -0.2) is 9.59 Å². The maximum absolute atomic E-state index is 13.2. The zero-order valence-electron chi connectivity index (χ0n) is 26.0. The van der Waals surface area contributed by atoms with Crippen molar-refractivity contribution in [1.29, 1.82) is 0 Å². The van der Waals surface area contributed by atoms with Crippen molar-refractivity contribution < 1.29 is 14.4 Å². The molecule has 42 heavy (non-hydrogen) atoms. The molecule has 1 aliphatic rings. The van der Waals surface area contributed by atoms with Crippen LogP contribution in [0.4, 0.5) is 10.5 Å². The Bertz CT molecular complexity index is 1300. The number of aryl methyl sites for hydroxylation is 1. The molecule has 1 aliphatic carbocycles. The van der Waals surface area contributed by atoms with Crippen LogP contribution in [0.5, 0.6) is 0 Å². The number of fused-ring (bicyclic) bond motifs is 3. The topological polar surface area (TPSA) is 104 Å². The zero-order valence-corrected chi connectivity index (χ0v) is 26.0. The second-order valence-corrected chi connectivity index (χ2v) is 12.0. The third-order valence-electron chi connectivity index (χ3n) is 8.14. The van der Waals surface area contributed by atoms with Crippen molar-refractivity contribution in [2.75, 3.05) is 25.0 Å². The average molecular weight is 579 g/mol. The van der Waals surface area contributed by atoms with E-state index in [1.165, 1.54) is 21.9 Å². The summed E-state index contributed by atoms with van der Waals surface area (Å²) in [6.07, 6.45) is 14.1. The van der Waals surface area contributed by atoms with Gasteiger partial charge in [0.15, 0.2) is 0 Å². The van der Waals surface area contributed by atoms with E-state index in [4.69, 9.17) is 4.84 Å². The fraction of sp³-hybridized carbons (Fsp3) is 0.606. The second kappa shape index (κ2) is 15.8. The van der Waals surface area contributed by atoms with Gasteiger partial charge in [-0.3, -0.25) is 4.68 Å². The van der Waals surface area contributed by atoms with Crippen LogP contribution in [0.2, 0.25) is 0 Å². The number of amides is 2. The lowest BCUT2D eigenvalue weighted by Crippen LogP contribution is -2.37. The fourth-order valence-corrected chi connectivity index (χ4v) is 5.64. The minimum absolute atomic E-state index is 0.325. The number of hydrogen-bond donors (Lipinski definition) is 3. The maximum Gasteiger partial charge on any atom is 0.355 e. The van der Waals surface area contributed by atoms with Crippen LogP contribution < -0.4 is 10.6 Å². The van der Waals surface area contributed by atoms with Gasteiger partial charge in [-0.1, -0.05) is 39.5 Å². The first-order chi connectivity index (χ1) is 20.4. The number of aromatic amines is 1. The molecular formula is C33H50N6O3. The van der Waals surface area contributed by atoms with Crippen molar-refractivity contribution in [1.82, 2.24) is 25.1 Å². The molecule has 0 radical (unpaired) electrons. The van der Waals surface area contributed by atoms with Crippen LogP contribution in [0.15, 0.2) is 30.6 Å². The highest BCUT2D eigenvalue weighted by Crippen LogP contribution is 2.33. The van der Waals surface area contributed by atoms with Crippen molar-refractivity contribution >= 4 is 28.6 Å². The Hall–Kier alpha value is -3.33. The quantitative estimate of drug-likeness (QED) is 0.134. The van der Waals surface area contributed by atoms with Gasteiger partial charge in [0.05, 0.1) is 12.7 Å². The molecule has 0 saturated carbocycles. The molecule has 0 aliphatic heterocycles. The molecule has 0 spiro atoms. The van der Waals surface area contributed by atoms with E-state index in [2.05, 4.69) is 60.7 Å². The summed E-state index contributed by atoms with van der Waals surface area (Å²) in [5, 5.41) is 13.5. The Morgan fingerprint density at radius 2 is 1.98 bits per heavy atom. The van der Waals surface area contributed by atoms with Gasteiger partial charge < -0.3 is 20.5 Å². The number of H-pyrrole nitrogens is 1. The number of rotatable bonds is 15. The molecule has 1 unspecified atom stereocenters. The van der Waals surface area contributed by atoms with Crippen molar-refractivity contribution in [3.8, 4) is 0 Å². The third kappa shape index (κ3) is 8.84. The summed E-state index contributed by atoms with van der Waals surface area (Å²) in [6.45, 7) is 10.8. The van der Waals surface area contributed by atoms with E-state index in [-0.39, 0.29) is 5.97 Å². The third-order valence-corrected chi connectivity index (χ3v) is 8.14. The molecule has 0 bridgehead atoms. The Morgan fingerprint density at radius 1 is 1.17 bits per heavy atom. The molecule has 3 aromatic rings. The van der Waals surface area contributed by atoms with Crippen LogP contribution in [0.1, 0.15) is 102 Å². The van der Waals surface area contributed by atoms with E-state index in [1.54, 1.807) is 0 Å². The minimum atomic E-state index is -0.403. The van der Waals surface area contributed by atoms with Crippen molar-refractivity contribution in [3.05, 3.63) is 47.4 Å². The SMILES string of the molecule is CCCCCC(=O)ON(CCCCC)C(=O)Nc1ccc2[nH]c3c(c2c1)CC(CNCCc1cnn(C(C)C)c1)CC3. The lowest BCUT2D eigenvalue weighted by Gasteiger charge is -2.23. The van der Waals surface area contributed by atoms with Crippen LogP contribution >= 0.6 is 0 Å². The number of anilines is 1. The molecule has 3 N–H and O–H groups in total. The van der Waals surface area contributed by atoms with Crippen molar-refractivity contribution in [3.63, 3.8) is 0 Å². The monoisotopic (exact) mass is 578 g/mol. The number of hydroxylamine groups is 2. The molecule has 1 aromatic carbocycles. The van der Waals surface area contributed by atoms with Gasteiger partial charge in [-0.2, -0.15) is 10.2 Å². The van der Waals surface area contributed by atoms with E-state index in [0.717, 1.165) is 88.2 Å². The number of aromatic nitrogens is 3. The average Bonchev–Trinajstić information content (AvgIpc) is 3.60. The normalized spacial score (nSPS) is 14.7. The Balaban J connectivity index is 1.34. The lowest BCUT2D eigenvalue weighted by molar-refractivity contribution is -0.176. The largest absolute Gasteiger partial charge is 0.358 e. The Labute approximate surface area is 250 Å². The molecular weight excluding hydrogens is 528 g/mol. The van der Waals surface area contributed by atoms with E-state index in [9.17, 15) is 9.59 Å². The smallest absolute Gasteiger partial charge is 0.355 e. The summed E-state index contributed by atoms with van der Waals surface area (Å²) in [5.41, 5.74) is 5.71. The van der Waals surface area contributed by atoms with E-state index in [0.29, 0.717) is 30.6 Å². The van der Waals surface area contributed by atoms with Crippen LogP contribution in [-0.4, -0.2) is 51.5 Å². The van der Waals surface area contributed by atoms with Crippen LogP contribution in [-0.2, 0) is 28.9 Å². The number of carbonyl (C=O) groups excluding carboxylic acids is 2. The van der Waals surface area contributed by atoms with Gasteiger partial charge >= 0.3 is 12.0 Å². The van der Waals surface area contributed by atoms with E-state index >= 15 is 0 Å². The predicted octanol–water partition coefficient (Wildman–Crippen LogP) is 6.95. The highest BCUT2D eigenvalue weighted by Gasteiger charge is 2.23. The number of benzene rings is 1. The number of unbranched alkanes of at least 4 members (excludes halogenated alkanes) is 4. The Kier molecular flexibility index (Phi) is 11.9. The number of carbonyl (C=O) groups is 2. The molecule has 4 rings (SSSR count). The standard InChI is InChI=1S/C33H50N6O3/c1-5-7-9-11-32(40)42-39(18-10-8-6-2)33(41)36-27-13-15-31-29(20-27)28-19-25(12-14-30(28)37-31)21-34-17-16-26-22-35-38(23-26)24(3)4/h13,15,20,22-25,34,37H,5-12,14,16-19,21H2,1-4H3,(H,36,41). The van der Waals surface area contributed by atoms with Crippen LogP contribution in [0.25, 0.3) is 10.9 Å². The molecule has 0 saturated heterocycles. The first kappa shape index (κ1) is 31.6. The maximum atomic E-state index is 13.2. The summed E-state index contributed by atoms with van der Waals surface area (Å²) in [4.78, 5) is 34.7. The molecule has 0 fully saturated rings. The van der Waals surface area contributed by atoms with E-state index in [1.807, 2.05) is 23.0 Å². The predicted molar refractivity (Wildman–Crippen MR) is 168 cm³/mol. The van der Waals surface area contributed by atoms with Crippen LogP contribution in [0, 0.1) is 5.92 Å². The summed E-state index contributed by atoms with van der Waals surface area (Å²) >= 11 is 0. The summed E-state index contributed by atoms with van der Waals surface area (Å²) < 4.78 is 2.01. The van der Waals surface area contributed by atoms with E-state index < -0.39 is 6.03 Å². The highest BCUT2D eigenvalue weighted by molar-refractivity contribution is 5.94. The molecule has 9 heteroatoms. The summed E-state index contributed by atoms with van der Waals surface area (Å²) in [5.74, 6) is 0.213. The summed E-state index contributed by atoms with van der Waals surface area (Å²) in [6, 6.07) is 5.98. The van der Waals surface area contributed by atoms with Gasteiger partial charge in [-0.05, 0) is 101 Å². The van der Waals surface area contributed by atoms with Gasteiger partial charge in [-0.15, -0.1) is 0 Å². The Morgan fingerprint density at radius 3 is 2.74 bits per heavy atom. The molecule has 230 valence electrons. The van der Waals surface area contributed by atoms with Gasteiger partial charge in [0.25, 0.3) is 0 Å². The first-order valence-corrected chi connectivity index (χ1v) is 16.0. The van der Waals surface area contributed by atoms with Gasteiger partial charge in [0, 0.05) is 40.9 Å². The van der Waals surface area contributed by atoms with Crippen molar-refractivity contribution in [2.24, 2.45) is 5.92 Å². The molecule has 9 nitrogen and oxygen atoms in total. The lowest BCUT2D eigenvalue weighted by atomic mass is 9.86. The van der Waals surface area contributed by atoms with Gasteiger partial charge in [0.1, 0.15) is 0 Å². The molecule has 1 atom stereocenters. The molecule has 2 aromatic heterocycles. The van der Waals surface area contributed by atoms with Crippen LogP contribution in [0.3, 0.4) is 0 Å². The highest BCUT2D eigenvalue weighted by atomic mass is 16.7. The minimum Gasteiger partial charge on any atom is -0.358 e. The number of hydrogen-bond acceptors (Lipinski definition) is 5. The number of nitrogens with one attached hydrogen (secondary N) is 3.